The van der Waals surface area contributed by atoms with Crippen LogP contribution in [0.4, 0.5) is 26.7 Å². The first-order valence-corrected chi connectivity index (χ1v) is 16.3. The van der Waals surface area contributed by atoms with Crippen LogP contribution in [0.5, 0.6) is 11.6 Å². The molecule has 1 aromatic carbocycles. The first kappa shape index (κ1) is 34.1. The predicted molar refractivity (Wildman–Crippen MR) is 160 cm³/mol. The summed E-state index contributed by atoms with van der Waals surface area (Å²) in [4.78, 5) is 49.2. The van der Waals surface area contributed by atoms with Gasteiger partial charge in [-0.05, 0) is 61.0 Å². The zero-order chi connectivity index (χ0) is 34.8. The first-order chi connectivity index (χ1) is 22.4. The summed E-state index contributed by atoms with van der Waals surface area (Å²) in [5.74, 6) is -5.31. The van der Waals surface area contributed by atoms with Gasteiger partial charge in [0.2, 0.25) is 11.8 Å². The number of hydrogen-bond donors (Lipinski definition) is 1. The largest absolute Gasteiger partial charge is 0.573 e. The van der Waals surface area contributed by atoms with E-state index in [0.717, 1.165) is 24.6 Å². The Balaban J connectivity index is 1.39. The number of nitrogens with one attached hydrogen (secondary N) is 1. The molecule has 3 heterocycles. The van der Waals surface area contributed by atoms with E-state index in [2.05, 4.69) is 20.0 Å². The van der Waals surface area contributed by atoms with Crippen molar-refractivity contribution < 1.29 is 50.5 Å². The first-order valence-electron chi connectivity index (χ1n) is 16.3. The number of alkyl halides is 5. The number of aromatic nitrogens is 2. The Bertz CT molecular complexity index is 1580. The number of amides is 2. The summed E-state index contributed by atoms with van der Waals surface area (Å²) in [5.41, 5.74) is -1.87. The van der Waals surface area contributed by atoms with Crippen molar-refractivity contribution in [3.05, 3.63) is 23.9 Å². The Hall–Kier alpha value is -3.78. The SMILES string of the molecule is C[C@@H]1[C@@H]2CN(C(=O)[C@H](C(C)(C)C)NC(=O)O[C@@H]3CC4CC4[C@H]3CCCCC(F)(F)c3nc4ccc(OC(F)(F)F)cc4nc3O2)[C@@H]1C=O. The molecule has 2 bridgehead atoms. The van der Waals surface area contributed by atoms with E-state index in [1.165, 1.54) is 4.90 Å². The highest BCUT2D eigenvalue weighted by Crippen LogP contribution is 2.58. The van der Waals surface area contributed by atoms with Crippen molar-refractivity contribution in [1.29, 1.82) is 0 Å². The third-order valence-corrected chi connectivity index (χ3v) is 10.2. The topological polar surface area (TPSA) is 120 Å². The maximum atomic E-state index is 16.0. The lowest BCUT2D eigenvalue weighted by Gasteiger charge is -2.35. The molecule has 1 N–H and O–H groups in total. The number of benzene rings is 1. The molecule has 0 radical (unpaired) electrons. The smallest absolute Gasteiger partial charge is 0.471 e. The third-order valence-electron chi connectivity index (χ3n) is 10.2. The van der Waals surface area contributed by atoms with Gasteiger partial charge >= 0.3 is 12.5 Å². The van der Waals surface area contributed by atoms with Gasteiger partial charge in [-0.2, -0.15) is 8.78 Å². The minimum Gasteiger partial charge on any atom is -0.471 e. The van der Waals surface area contributed by atoms with Gasteiger partial charge < -0.3 is 29.2 Å². The molecule has 6 rings (SSSR count). The quantitative estimate of drug-likeness (QED) is 0.296. The number of carbonyl (C=O) groups is 3. The average Bonchev–Trinajstić information content (AvgIpc) is 3.56. The van der Waals surface area contributed by atoms with Gasteiger partial charge in [-0.15, -0.1) is 13.2 Å². The molecule has 2 aliphatic heterocycles. The number of fused-ring (bicyclic) bond motifs is 7. The Morgan fingerprint density at radius 1 is 1.02 bits per heavy atom. The molecular weight excluding hydrogens is 643 g/mol. The predicted octanol–water partition coefficient (Wildman–Crippen LogP) is 6.15. The van der Waals surface area contributed by atoms with Crippen molar-refractivity contribution in [2.75, 3.05) is 6.54 Å². The van der Waals surface area contributed by atoms with E-state index in [-0.39, 0.29) is 29.9 Å². The second-order valence-electron chi connectivity index (χ2n) is 14.6. The highest BCUT2D eigenvalue weighted by Gasteiger charge is 2.55. The van der Waals surface area contributed by atoms with E-state index in [1.807, 2.05) is 0 Å². The van der Waals surface area contributed by atoms with Gasteiger partial charge in [0.1, 0.15) is 30.3 Å². The summed E-state index contributed by atoms with van der Waals surface area (Å²) in [6.45, 7) is 6.67. The summed E-state index contributed by atoms with van der Waals surface area (Å²) < 4.78 is 86.7. The van der Waals surface area contributed by atoms with Crippen molar-refractivity contribution in [1.82, 2.24) is 20.2 Å². The lowest BCUT2D eigenvalue weighted by atomic mass is 9.85. The monoisotopic (exact) mass is 682 g/mol. The summed E-state index contributed by atoms with van der Waals surface area (Å²) in [5, 5.41) is 2.74. The number of carbonyl (C=O) groups excluding carboxylic acids is 3. The fraction of sp³-hybridized carbons (Fsp3) is 0.667. The normalized spacial score (nSPS) is 32.5. The molecule has 48 heavy (non-hydrogen) atoms. The van der Waals surface area contributed by atoms with Crippen LogP contribution in [0, 0.1) is 29.1 Å². The minimum absolute atomic E-state index is 0.00384. The summed E-state index contributed by atoms with van der Waals surface area (Å²) in [6, 6.07) is 0.859. The van der Waals surface area contributed by atoms with E-state index in [1.54, 1.807) is 27.7 Å². The number of nitrogens with zero attached hydrogens (tertiary/aromatic N) is 3. The van der Waals surface area contributed by atoms with Gasteiger partial charge in [0.25, 0.3) is 5.92 Å². The van der Waals surface area contributed by atoms with Crippen molar-refractivity contribution in [2.24, 2.45) is 29.1 Å². The molecule has 2 saturated carbocycles. The van der Waals surface area contributed by atoms with Crippen molar-refractivity contribution in [3.8, 4) is 11.6 Å². The highest BCUT2D eigenvalue weighted by atomic mass is 19.4. The second-order valence-corrected chi connectivity index (χ2v) is 14.6. The second kappa shape index (κ2) is 12.3. The zero-order valence-electron chi connectivity index (χ0n) is 27.1. The number of rotatable bonds is 2. The number of alkyl carbamates (subject to hydrolysis) is 1. The van der Waals surface area contributed by atoms with E-state index < -0.39 is 83.7 Å². The maximum Gasteiger partial charge on any atom is 0.573 e. The van der Waals surface area contributed by atoms with Crippen LogP contribution in [-0.4, -0.2) is 70.4 Å². The molecule has 2 aliphatic carbocycles. The lowest BCUT2D eigenvalue weighted by Crippen LogP contribution is -2.56. The van der Waals surface area contributed by atoms with Crippen LogP contribution >= 0.6 is 0 Å². The molecule has 2 unspecified atom stereocenters. The van der Waals surface area contributed by atoms with E-state index in [9.17, 15) is 27.6 Å². The zero-order valence-corrected chi connectivity index (χ0v) is 27.1. The van der Waals surface area contributed by atoms with Crippen LogP contribution in [-0.2, 0) is 20.2 Å². The van der Waals surface area contributed by atoms with E-state index in [0.29, 0.717) is 37.4 Å². The Labute approximate surface area is 274 Å². The fourth-order valence-electron chi connectivity index (χ4n) is 7.54. The van der Waals surface area contributed by atoms with Crippen molar-refractivity contribution >= 4 is 29.3 Å². The van der Waals surface area contributed by atoms with Crippen LogP contribution < -0.4 is 14.8 Å². The van der Waals surface area contributed by atoms with Gasteiger partial charge in [-0.25, -0.2) is 14.8 Å². The average molecular weight is 683 g/mol. The van der Waals surface area contributed by atoms with Gasteiger partial charge in [-0.1, -0.05) is 34.1 Å². The van der Waals surface area contributed by atoms with Gasteiger partial charge in [0.05, 0.1) is 23.6 Å². The molecule has 15 heteroatoms. The molecular formula is C33H39F5N4O6. The standard InChI is InChI=1S/C33H39F5N4O6/c1-16-23(15-43)42-14-25(16)46-28-26(39-21-9-8-18(13-22(21)40-28)48-33(36,37)38)32(34,35)10-6-5-7-19-20-11-17(20)12-24(19)47-30(45)41-27(29(42)44)31(2,3)4/h8-9,13,15-17,19-20,23-25,27H,5-7,10-12,14H2,1-4H3,(H,41,45)/t16-,17?,19+,20?,23+,24+,25-,27+/m0/s1. The van der Waals surface area contributed by atoms with Gasteiger partial charge in [-0.3, -0.25) is 4.79 Å². The number of hydrogen-bond acceptors (Lipinski definition) is 8. The molecule has 4 aliphatic rings. The molecule has 1 aromatic heterocycles. The molecule has 8 atom stereocenters. The number of aldehydes is 1. The molecule has 1 saturated heterocycles. The summed E-state index contributed by atoms with van der Waals surface area (Å²) in [6.07, 6.45) is -4.45. The minimum atomic E-state index is -5.00. The molecule has 10 nitrogen and oxygen atoms in total. The van der Waals surface area contributed by atoms with E-state index >= 15 is 8.78 Å². The van der Waals surface area contributed by atoms with Crippen LogP contribution in [0.15, 0.2) is 18.2 Å². The van der Waals surface area contributed by atoms with E-state index in [4.69, 9.17) is 9.47 Å². The maximum absolute atomic E-state index is 16.0. The van der Waals surface area contributed by atoms with Crippen LogP contribution in [0.2, 0.25) is 0 Å². The van der Waals surface area contributed by atoms with Crippen LogP contribution in [0.3, 0.4) is 0 Å². The summed E-state index contributed by atoms with van der Waals surface area (Å²) in [7, 11) is 0. The van der Waals surface area contributed by atoms with Gasteiger partial charge in [0, 0.05) is 18.4 Å². The Kier molecular flexibility index (Phi) is 8.72. The Morgan fingerprint density at radius 3 is 2.46 bits per heavy atom. The number of ether oxygens (including phenoxy) is 3. The number of halogens is 5. The van der Waals surface area contributed by atoms with Crippen molar-refractivity contribution in [3.63, 3.8) is 0 Å². The molecule has 2 amide bonds. The third kappa shape index (κ3) is 6.87. The lowest BCUT2D eigenvalue weighted by molar-refractivity contribution is -0.274. The molecule has 3 fully saturated rings. The fourth-order valence-corrected chi connectivity index (χ4v) is 7.54. The molecule has 0 spiro atoms. The summed E-state index contributed by atoms with van der Waals surface area (Å²) >= 11 is 0. The highest BCUT2D eigenvalue weighted by molar-refractivity contribution is 5.89. The van der Waals surface area contributed by atoms with Gasteiger partial charge in [0.15, 0.2) is 5.69 Å². The Morgan fingerprint density at radius 2 is 1.77 bits per heavy atom. The van der Waals surface area contributed by atoms with Crippen LogP contribution in [0.1, 0.15) is 71.9 Å². The van der Waals surface area contributed by atoms with Crippen LogP contribution in [0.25, 0.3) is 11.0 Å². The molecule has 2 aromatic rings. The molecule has 262 valence electrons. The van der Waals surface area contributed by atoms with Crippen molar-refractivity contribution in [2.45, 2.75) is 103 Å².